The summed E-state index contributed by atoms with van der Waals surface area (Å²) in [5.41, 5.74) is 5.05. The third kappa shape index (κ3) is 5.78. The van der Waals surface area contributed by atoms with Gasteiger partial charge in [-0.15, -0.1) is 0 Å². The van der Waals surface area contributed by atoms with Crippen molar-refractivity contribution >= 4 is 38.1 Å². The molecule has 0 fully saturated rings. The summed E-state index contributed by atoms with van der Waals surface area (Å²) in [5, 5.41) is 5.34. The van der Waals surface area contributed by atoms with Crippen LogP contribution < -0.4 is 14.4 Å². The highest BCUT2D eigenvalue weighted by Gasteiger charge is 2.19. The van der Waals surface area contributed by atoms with Crippen molar-refractivity contribution in [3.63, 3.8) is 0 Å². The fourth-order valence-electron chi connectivity index (χ4n) is 4.89. The third-order valence-electron chi connectivity index (χ3n) is 6.69. The molecule has 6 nitrogen and oxygen atoms in total. The minimum atomic E-state index is -3.51. The number of sulfonamides is 1. The molecule has 0 spiro atoms. The van der Waals surface area contributed by atoms with Crippen LogP contribution in [-0.4, -0.2) is 27.1 Å². The van der Waals surface area contributed by atoms with Gasteiger partial charge in [0.2, 0.25) is 15.9 Å². The number of ether oxygens (including phenoxy) is 1. The zero-order valence-corrected chi connectivity index (χ0v) is 21.6. The zero-order valence-electron chi connectivity index (χ0n) is 20.8. The second-order valence-electron chi connectivity index (χ2n) is 9.37. The molecule has 0 bridgehead atoms. The summed E-state index contributed by atoms with van der Waals surface area (Å²) in [4.78, 5) is 12.7. The molecule has 0 radical (unpaired) electrons. The molecule has 0 heterocycles. The van der Waals surface area contributed by atoms with Gasteiger partial charge in [0, 0.05) is 24.0 Å². The third-order valence-corrected chi connectivity index (χ3v) is 7.88. The predicted octanol–water partition coefficient (Wildman–Crippen LogP) is 5.70. The van der Waals surface area contributed by atoms with Gasteiger partial charge in [-0.05, 0) is 71.7 Å². The fraction of sp³-hybridized carbons (Fsp3) is 0.233. The van der Waals surface area contributed by atoms with E-state index in [9.17, 15) is 13.2 Å². The lowest BCUT2D eigenvalue weighted by molar-refractivity contribution is -0.116. The Kier molecular flexibility index (Phi) is 7.15. The number of aryl methyl sites for hydroxylation is 2. The summed E-state index contributed by atoms with van der Waals surface area (Å²) in [6.07, 6.45) is 3.86. The van der Waals surface area contributed by atoms with Gasteiger partial charge in [-0.3, -0.25) is 9.10 Å². The molecule has 4 aromatic carbocycles. The number of carbonyl (C=O) groups is 1. The maximum absolute atomic E-state index is 12.7. The molecule has 1 aliphatic rings. The standard InChI is InChI=1S/C30H30N2O4S/c1-37(34,35)32(25-15-17-26(18-16-25)36-21-22-7-3-2-4-8-22)20-6-11-29(33)31-28-19-14-24-13-12-23-9-5-10-27(28)30(23)24/h2-5,7-10,14-19H,6,11-13,20-21H2,1H3,(H,31,33). The minimum Gasteiger partial charge on any atom is -0.489 e. The highest BCUT2D eigenvalue weighted by molar-refractivity contribution is 7.92. The Labute approximate surface area is 217 Å². The molecule has 0 atom stereocenters. The number of hydrogen-bond acceptors (Lipinski definition) is 4. The zero-order chi connectivity index (χ0) is 25.8. The number of benzene rings is 4. The van der Waals surface area contributed by atoms with E-state index in [2.05, 4.69) is 17.4 Å². The summed E-state index contributed by atoms with van der Waals surface area (Å²) in [7, 11) is -3.51. The fourth-order valence-corrected chi connectivity index (χ4v) is 5.85. The van der Waals surface area contributed by atoms with Crippen molar-refractivity contribution in [1.29, 1.82) is 0 Å². The SMILES string of the molecule is CS(=O)(=O)N(CCCC(=O)Nc1ccc2c3c(cccc13)CC2)c1ccc(OCc2ccccc2)cc1. The molecule has 1 amide bonds. The number of rotatable bonds is 10. The van der Waals surface area contributed by atoms with Crippen molar-refractivity contribution in [1.82, 2.24) is 0 Å². The van der Waals surface area contributed by atoms with Crippen LogP contribution in [0.15, 0.2) is 84.9 Å². The Morgan fingerprint density at radius 2 is 1.62 bits per heavy atom. The Morgan fingerprint density at radius 1 is 0.892 bits per heavy atom. The summed E-state index contributed by atoms with van der Waals surface area (Å²) in [6, 6.07) is 27.1. The Balaban J connectivity index is 1.19. The highest BCUT2D eigenvalue weighted by atomic mass is 32.2. The number of hydrogen-bond donors (Lipinski definition) is 1. The van der Waals surface area contributed by atoms with Crippen LogP contribution >= 0.6 is 0 Å². The molecule has 0 saturated heterocycles. The Hall–Kier alpha value is -3.84. The second-order valence-corrected chi connectivity index (χ2v) is 11.3. The molecular weight excluding hydrogens is 484 g/mol. The van der Waals surface area contributed by atoms with E-state index in [1.807, 2.05) is 48.5 Å². The van der Waals surface area contributed by atoms with Crippen molar-refractivity contribution in [3.8, 4) is 5.75 Å². The van der Waals surface area contributed by atoms with Crippen LogP contribution in [0.2, 0.25) is 0 Å². The molecule has 190 valence electrons. The van der Waals surface area contributed by atoms with Crippen LogP contribution in [0.25, 0.3) is 10.8 Å². The quantitative estimate of drug-likeness (QED) is 0.294. The van der Waals surface area contributed by atoms with Gasteiger partial charge >= 0.3 is 0 Å². The largest absolute Gasteiger partial charge is 0.489 e. The monoisotopic (exact) mass is 514 g/mol. The van der Waals surface area contributed by atoms with E-state index in [1.54, 1.807) is 24.3 Å². The first-order valence-corrected chi connectivity index (χ1v) is 14.3. The average molecular weight is 515 g/mol. The van der Waals surface area contributed by atoms with Gasteiger partial charge in [0.15, 0.2) is 0 Å². The van der Waals surface area contributed by atoms with Crippen molar-refractivity contribution < 1.29 is 17.9 Å². The molecule has 0 aromatic heterocycles. The normalized spacial score (nSPS) is 12.5. The van der Waals surface area contributed by atoms with Crippen LogP contribution in [0.1, 0.15) is 29.5 Å². The smallest absolute Gasteiger partial charge is 0.232 e. The summed E-state index contributed by atoms with van der Waals surface area (Å²) >= 11 is 0. The summed E-state index contributed by atoms with van der Waals surface area (Å²) in [6.45, 7) is 0.644. The van der Waals surface area contributed by atoms with E-state index < -0.39 is 10.0 Å². The van der Waals surface area contributed by atoms with E-state index >= 15 is 0 Å². The number of amides is 1. The van der Waals surface area contributed by atoms with E-state index in [-0.39, 0.29) is 18.9 Å². The minimum absolute atomic E-state index is 0.128. The van der Waals surface area contributed by atoms with E-state index in [0.29, 0.717) is 24.5 Å². The van der Waals surface area contributed by atoms with E-state index in [0.717, 1.165) is 29.5 Å². The van der Waals surface area contributed by atoms with E-state index in [4.69, 9.17) is 4.74 Å². The van der Waals surface area contributed by atoms with Gasteiger partial charge < -0.3 is 10.1 Å². The van der Waals surface area contributed by atoms with Crippen LogP contribution in [-0.2, 0) is 34.3 Å². The first-order valence-electron chi connectivity index (χ1n) is 12.5. The molecule has 5 rings (SSSR count). The molecule has 0 aliphatic heterocycles. The van der Waals surface area contributed by atoms with Crippen LogP contribution in [0.5, 0.6) is 5.75 Å². The van der Waals surface area contributed by atoms with Gasteiger partial charge in [0.25, 0.3) is 0 Å². The van der Waals surface area contributed by atoms with Crippen molar-refractivity contribution in [2.45, 2.75) is 32.3 Å². The first-order chi connectivity index (χ1) is 17.9. The maximum atomic E-state index is 12.7. The molecule has 0 unspecified atom stereocenters. The molecule has 7 heteroatoms. The van der Waals surface area contributed by atoms with Crippen LogP contribution in [0, 0.1) is 0 Å². The van der Waals surface area contributed by atoms with E-state index in [1.165, 1.54) is 27.1 Å². The van der Waals surface area contributed by atoms with Crippen molar-refractivity contribution in [2.75, 3.05) is 22.4 Å². The maximum Gasteiger partial charge on any atom is 0.232 e. The van der Waals surface area contributed by atoms with Crippen LogP contribution in [0.4, 0.5) is 11.4 Å². The summed E-state index contributed by atoms with van der Waals surface area (Å²) < 4.78 is 32.2. The lowest BCUT2D eigenvalue weighted by atomic mass is 10.0. The lowest BCUT2D eigenvalue weighted by Crippen LogP contribution is -2.31. The molecule has 37 heavy (non-hydrogen) atoms. The highest BCUT2D eigenvalue weighted by Crippen LogP contribution is 2.35. The average Bonchev–Trinajstić information content (AvgIpc) is 3.32. The number of nitrogens with one attached hydrogen (secondary N) is 1. The van der Waals surface area contributed by atoms with Crippen molar-refractivity contribution in [3.05, 3.63) is 102 Å². The molecule has 1 aliphatic carbocycles. The molecule has 1 N–H and O–H groups in total. The molecule has 0 saturated carbocycles. The second kappa shape index (κ2) is 10.6. The van der Waals surface area contributed by atoms with Gasteiger partial charge in [-0.2, -0.15) is 0 Å². The number of nitrogens with zero attached hydrogens (tertiary/aromatic N) is 1. The molecule has 4 aromatic rings. The summed E-state index contributed by atoms with van der Waals surface area (Å²) in [5.74, 6) is 0.530. The first kappa shape index (κ1) is 24.8. The molecular formula is C30H30N2O4S. The predicted molar refractivity (Wildman–Crippen MR) is 149 cm³/mol. The Morgan fingerprint density at radius 3 is 2.35 bits per heavy atom. The lowest BCUT2D eigenvalue weighted by Gasteiger charge is -2.22. The van der Waals surface area contributed by atoms with Crippen molar-refractivity contribution in [2.24, 2.45) is 0 Å². The Bertz CT molecular complexity index is 1510. The topological polar surface area (TPSA) is 75.7 Å². The number of carbonyl (C=O) groups excluding carboxylic acids is 1. The van der Waals surface area contributed by atoms with Gasteiger partial charge in [0.05, 0.1) is 11.9 Å². The van der Waals surface area contributed by atoms with Gasteiger partial charge in [0.1, 0.15) is 12.4 Å². The number of anilines is 2. The van der Waals surface area contributed by atoms with Crippen LogP contribution in [0.3, 0.4) is 0 Å². The van der Waals surface area contributed by atoms with Gasteiger partial charge in [-0.25, -0.2) is 8.42 Å². The van der Waals surface area contributed by atoms with Gasteiger partial charge in [-0.1, -0.05) is 54.6 Å².